The van der Waals surface area contributed by atoms with E-state index in [2.05, 4.69) is 0 Å². The Kier molecular flexibility index (Phi) is 4.88. The highest BCUT2D eigenvalue weighted by molar-refractivity contribution is 5.84. The van der Waals surface area contributed by atoms with Gasteiger partial charge in [-0.1, -0.05) is 6.07 Å². The molecule has 6 heteroatoms. The monoisotopic (exact) mass is 297 g/mol. The predicted molar refractivity (Wildman–Crippen MR) is 71.7 cm³/mol. The minimum Gasteiger partial charge on any atom is -0.480 e. The number of carboxylic acids is 1. The summed E-state index contributed by atoms with van der Waals surface area (Å²) in [5.41, 5.74) is -0.130. The molecule has 2 rings (SSSR count). The number of halogens is 2. The highest BCUT2D eigenvalue weighted by Gasteiger charge is 2.31. The first-order valence-electron chi connectivity index (χ1n) is 6.96. The fourth-order valence-electron chi connectivity index (χ4n) is 2.63. The van der Waals surface area contributed by atoms with Crippen LogP contribution < -0.4 is 0 Å². The Labute approximate surface area is 121 Å². The van der Waals surface area contributed by atoms with Gasteiger partial charge in [0, 0.05) is 18.5 Å². The molecular weight excluding hydrogens is 280 g/mol. The van der Waals surface area contributed by atoms with E-state index >= 15 is 0 Å². The molecule has 1 aliphatic heterocycles. The van der Waals surface area contributed by atoms with Crippen molar-refractivity contribution in [1.29, 1.82) is 0 Å². The molecule has 0 radical (unpaired) electrons. The molecular formula is C15H17F2NO3. The van der Waals surface area contributed by atoms with E-state index in [0.29, 0.717) is 13.0 Å². The highest BCUT2D eigenvalue weighted by Crippen LogP contribution is 2.20. The summed E-state index contributed by atoms with van der Waals surface area (Å²) >= 11 is 0. The number of carbonyl (C=O) groups excluding carboxylic acids is 1. The van der Waals surface area contributed by atoms with Gasteiger partial charge in [-0.25, -0.2) is 13.6 Å². The van der Waals surface area contributed by atoms with Crippen molar-refractivity contribution in [1.82, 2.24) is 4.90 Å². The summed E-state index contributed by atoms with van der Waals surface area (Å²) in [5, 5.41) is 9.12. The van der Waals surface area contributed by atoms with Gasteiger partial charge < -0.3 is 10.0 Å². The van der Waals surface area contributed by atoms with Gasteiger partial charge in [0.25, 0.3) is 0 Å². The van der Waals surface area contributed by atoms with Gasteiger partial charge in [-0.2, -0.15) is 0 Å². The van der Waals surface area contributed by atoms with Crippen molar-refractivity contribution in [3.8, 4) is 0 Å². The number of nitrogens with zero attached hydrogens (tertiary/aromatic N) is 1. The molecule has 0 bridgehead atoms. The second-order valence-electron chi connectivity index (χ2n) is 5.14. The van der Waals surface area contributed by atoms with Gasteiger partial charge in [-0.05, 0) is 37.8 Å². The molecule has 0 aromatic heterocycles. The number of amides is 1. The third kappa shape index (κ3) is 3.56. The van der Waals surface area contributed by atoms with Crippen LogP contribution in [0.15, 0.2) is 18.2 Å². The number of aliphatic carboxylic acids is 1. The van der Waals surface area contributed by atoms with E-state index < -0.39 is 23.6 Å². The molecule has 1 unspecified atom stereocenters. The fraction of sp³-hybridized carbons (Fsp3) is 0.467. The molecule has 1 aromatic carbocycles. The average molecular weight is 297 g/mol. The van der Waals surface area contributed by atoms with Crippen molar-refractivity contribution in [3.05, 3.63) is 35.4 Å². The normalized spacial score (nSPS) is 18.6. The van der Waals surface area contributed by atoms with Gasteiger partial charge >= 0.3 is 5.97 Å². The SMILES string of the molecule is O=C(O)C1CCCCN1C(=O)CCc1c(F)cccc1F. The smallest absolute Gasteiger partial charge is 0.326 e. The number of hydrogen-bond acceptors (Lipinski definition) is 2. The van der Waals surface area contributed by atoms with E-state index in [-0.39, 0.29) is 24.3 Å². The Morgan fingerprint density at radius 1 is 1.24 bits per heavy atom. The molecule has 1 heterocycles. The van der Waals surface area contributed by atoms with Crippen molar-refractivity contribution >= 4 is 11.9 Å². The lowest BCUT2D eigenvalue weighted by molar-refractivity contribution is -0.152. The molecule has 4 nitrogen and oxygen atoms in total. The van der Waals surface area contributed by atoms with E-state index in [1.807, 2.05) is 0 Å². The molecule has 1 N–H and O–H groups in total. The van der Waals surface area contributed by atoms with Crippen LogP contribution in [0.2, 0.25) is 0 Å². The van der Waals surface area contributed by atoms with Gasteiger partial charge in [-0.3, -0.25) is 4.79 Å². The molecule has 1 atom stereocenters. The molecule has 114 valence electrons. The second kappa shape index (κ2) is 6.65. The van der Waals surface area contributed by atoms with Crippen molar-refractivity contribution in [3.63, 3.8) is 0 Å². The number of likely N-dealkylation sites (tertiary alicyclic amines) is 1. The van der Waals surface area contributed by atoms with Crippen LogP contribution in [0.25, 0.3) is 0 Å². The standard InChI is InChI=1S/C15H17F2NO3/c16-11-4-3-5-12(17)10(11)7-8-14(19)18-9-2-1-6-13(18)15(20)21/h3-5,13H,1-2,6-9H2,(H,20,21). The first kappa shape index (κ1) is 15.4. The van der Waals surface area contributed by atoms with Crippen LogP contribution >= 0.6 is 0 Å². The van der Waals surface area contributed by atoms with E-state index in [1.165, 1.54) is 11.0 Å². The minimum absolute atomic E-state index is 0.0693. The summed E-state index contributed by atoms with van der Waals surface area (Å²) in [4.78, 5) is 24.6. The van der Waals surface area contributed by atoms with Crippen LogP contribution in [0.3, 0.4) is 0 Å². The average Bonchev–Trinajstić information content (AvgIpc) is 2.46. The summed E-state index contributed by atoms with van der Waals surface area (Å²) in [5.74, 6) is -2.77. The number of piperidine rings is 1. The number of carboxylic acid groups (broad SMARTS) is 1. The zero-order valence-electron chi connectivity index (χ0n) is 11.5. The van der Waals surface area contributed by atoms with Crippen molar-refractivity contribution in [2.75, 3.05) is 6.54 Å². The molecule has 0 aliphatic carbocycles. The summed E-state index contributed by atoms with van der Waals surface area (Å²) < 4.78 is 27.0. The van der Waals surface area contributed by atoms with Crippen LogP contribution in [0.5, 0.6) is 0 Å². The quantitative estimate of drug-likeness (QED) is 0.928. The van der Waals surface area contributed by atoms with Crippen LogP contribution in [0.1, 0.15) is 31.2 Å². The van der Waals surface area contributed by atoms with Crippen molar-refractivity contribution in [2.24, 2.45) is 0 Å². The van der Waals surface area contributed by atoms with Gasteiger partial charge in [0.1, 0.15) is 17.7 Å². The Bertz CT molecular complexity index is 527. The number of benzene rings is 1. The first-order chi connectivity index (χ1) is 10.0. The zero-order valence-corrected chi connectivity index (χ0v) is 11.5. The van der Waals surface area contributed by atoms with Crippen LogP contribution in [0.4, 0.5) is 8.78 Å². The second-order valence-corrected chi connectivity index (χ2v) is 5.14. The molecule has 1 amide bonds. The fourth-order valence-corrected chi connectivity index (χ4v) is 2.63. The number of carbonyl (C=O) groups is 2. The topological polar surface area (TPSA) is 57.6 Å². The Hall–Kier alpha value is -1.98. The lowest BCUT2D eigenvalue weighted by atomic mass is 10.0. The maximum atomic E-state index is 13.5. The van der Waals surface area contributed by atoms with E-state index in [1.54, 1.807) is 0 Å². The van der Waals surface area contributed by atoms with Crippen molar-refractivity contribution < 1.29 is 23.5 Å². The highest BCUT2D eigenvalue weighted by atomic mass is 19.1. The maximum absolute atomic E-state index is 13.5. The summed E-state index contributed by atoms with van der Waals surface area (Å²) in [6, 6.07) is 2.73. The van der Waals surface area contributed by atoms with Crippen LogP contribution in [-0.2, 0) is 16.0 Å². The lowest BCUT2D eigenvalue weighted by Crippen LogP contribution is -2.48. The molecule has 0 spiro atoms. The number of hydrogen-bond donors (Lipinski definition) is 1. The van der Waals surface area contributed by atoms with Crippen LogP contribution in [-0.4, -0.2) is 34.5 Å². The van der Waals surface area contributed by atoms with E-state index in [4.69, 9.17) is 5.11 Å². The number of rotatable bonds is 4. The Balaban J connectivity index is 2.02. The molecule has 1 aliphatic rings. The third-order valence-corrected chi connectivity index (χ3v) is 3.76. The first-order valence-corrected chi connectivity index (χ1v) is 6.96. The molecule has 1 aromatic rings. The summed E-state index contributed by atoms with van der Waals surface area (Å²) in [6.45, 7) is 0.384. The van der Waals surface area contributed by atoms with Gasteiger partial charge in [0.15, 0.2) is 0 Å². The van der Waals surface area contributed by atoms with E-state index in [0.717, 1.165) is 25.0 Å². The Morgan fingerprint density at radius 2 is 1.90 bits per heavy atom. The maximum Gasteiger partial charge on any atom is 0.326 e. The summed E-state index contributed by atoms with van der Waals surface area (Å²) in [6.07, 6.45) is 1.78. The van der Waals surface area contributed by atoms with Crippen LogP contribution in [0, 0.1) is 11.6 Å². The van der Waals surface area contributed by atoms with Gasteiger partial charge in [-0.15, -0.1) is 0 Å². The van der Waals surface area contributed by atoms with Crippen molar-refractivity contribution in [2.45, 2.75) is 38.1 Å². The lowest BCUT2D eigenvalue weighted by Gasteiger charge is -2.33. The summed E-state index contributed by atoms with van der Waals surface area (Å²) in [7, 11) is 0. The Morgan fingerprint density at radius 3 is 2.52 bits per heavy atom. The molecule has 1 saturated heterocycles. The largest absolute Gasteiger partial charge is 0.480 e. The van der Waals surface area contributed by atoms with Gasteiger partial charge in [0.2, 0.25) is 5.91 Å². The molecule has 1 fully saturated rings. The third-order valence-electron chi connectivity index (χ3n) is 3.76. The predicted octanol–water partition coefficient (Wildman–Crippen LogP) is 2.36. The molecule has 21 heavy (non-hydrogen) atoms. The van der Waals surface area contributed by atoms with E-state index in [9.17, 15) is 18.4 Å². The zero-order chi connectivity index (χ0) is 15.4. The van der Waals surface area contributed by atoms with Gasteiger partial charge in [0.05, 0.1) is 0 Å². The minimum atomic E-state index is -1.03. The molecule has 0 saturated carbocycles.